The minimum atomic E-state index is 0.528. The molecule has 2 rings (SSSR count). The molecular weight excluding hydrogens is 220 g/mol. The lowest BCUT2D eigenvalue weighted by atomic mass is 10.0. The van der Waals surface area contributed by atoms with E-state index in [1.807, 2.05) is 0 Å². The van der Waals surface area contributed by atoms with Gasteiger partial charge in [-0.1, -0.05) is 25.4 Å². The van der Waals surface area contributed by atoms with Crippen molar-refractivity contribution in [3.8, 4) is 0 Å². The van der Waals surface area contributed by atoms with Gasteiger partial charge in [0.1, 0.15) is 0 Å². The lowest BCUT2D eigenvalue weighted by Gasteiger charge is -2.30. The molecular formula is C13H19ClN2. The van der Waals surface area contributed by atoms with Crippen LogP contribution in [0.3, 0.4) is 0 Å². The monoisotopic (exact) mass is 238 g/mol. The Morgan fingerprint density at radius 3 is 2.50 bits per heavy atom. The fourth-order valence-electron chi connectivity index (χ4n) is 2.04. The summed E-state index contributed by atoms with van der Waals surface area (Å²) in [7, 11) is 0. The van der Waals surface area contributed by atoms with Gasteiger partial charge in [-0.05, 0) is 29.7 Å². The largest absolute Gasteiger partial charge is 0.369 e. The maximum Gasteiger partial charge on any atom is 0.0429 e. The van der Waals surface area contributed by atoms with Crippen LogP contribution in [-0.2, 0) is 0 Å². The summed E-state index contributed by atoms with van der Waals surface area (Å²) >= 11 is 6.17. The maximum absolute atomic E-state index is 6.17. The first-order valence-electron chi connectivity index (χ1n) is 5.93. The van der Waals surface area contributed by atoms with Gasteiger partial charge in [-0.3, -0.25) is 0 Å². The SMILES string of the molecule is CC(C)c1cc(Cl)cc(N2CCNCC2)c1. The van der Waals surface area contributed by atoms with Crippen LogP contribution in [0.4, 0.5) is 5.69 Å². The molecule has 1 N–H and O–H groups in total. The summed E-state index contributed by atoms with van der Waals surface area (Å²) in [6.45, 7) is 8.66. The Hall–Kier alpha value is -0.730. The zero-order valence-corrected chi connectivity index (χ0v) is 10.7. The van der Waals surface area contributed by atoms with Crippen LogP contribution in [0.5, 0.6) is 0 Å². The second-order valence-corrected chi connectivity index (χ2v) is 5.07. The third kappa shape index (κ3) is 2.69. The molecule has 0 aliphatic carbocycles. The molecule has 1 saturated heterocycles. The van der Waals surface area contributed by atoms with Gasteiger partial charge in [-0.15, -0.1) is 0 Å². The van der Waals surface area contributed by atoms with Crippen LogP contribution in [-0.4, -0.2) is 26.2 Å². The second-order valence-electron chi connectivity index (χ2n) is 4.63. The summed E-state index contributed by atoms with van der Waals surface area (Å²) < 4.78 is 0. The summed E-state index contributed by atoms with van der Waals surface area (Å²) in [6, 6.07) is 6.40. The Kier molecular flexibility index (Phi) is 3.72. The first kappa shape index (κ1) is 11.7. The van der Waals surface area contributed by atoms with Gasteiger partial charge in [0.25, 0.3) is 0 Å². The van der Waals surface area contributed by atoms with Gasteiger partial charge >= 0.3 is 0 Å². The zero-order chi connectivity index (χ0) is 11.5. The van der Waals surface area contributed by atoms with Crippen molar-refractivity contribution >= 4 is 17.3 Å². The highest BCUT2D eigenvalue weighted by atomic mass is 35.5. The summed E-state index contributed by atoms with van der Waals surface area (Å²) in [6.07, 6.45) is 0. The van der Waals surface area contributed by atoms with Crippen molar-refractivity contribution in [3.63, 3.8) is 0 Å². The first-order chi connectivity index (χ1) is 7.66. The summed E-state index contributed by atoms with van der Waals surface area (Å²) in [5.41, 5.74) is 2.58. The van der Waals surface area contributed by atoms with Crippen molar-refractivity contribution in [2.75, 3.05) is 31.1 Å². The minimum Gasteiger partial charge on any atom is -0.369 e. The van der Waals surface area contributed by atoms with Crippen LogP contribution in [0.2, 0.25) is 5.02 Å². The van der Waals surface area contributed by atoms with Crippen molar-refractivity contribution in [3.05, 3.63) is 28.8 Å². The van der Waals surface area contributed by atoms with Gasteiger partial charge in [0.15, 0.2) is 0 Å². The molecule has 0 saturated carbocycles. The minimum absolute atomic E-state index is 0.528. The van der Waals surface area contributed by atoms with E-state index in [-0.39, 0.29) is 0 Å². The standard InChI is InChI=1S/C13H19ClN2/c1-10(2)11-7-12(14)9-13(8-11)16-5-3-15-4-6-16/h7-10,15H,3-6H2,1-2H3. The van der Waals surface area contributed by atoms with Crippen LogP contribution in [0.15, 0.2) is 18.2 Å². The molecule has 16 heavy (non-hydrogen) atoms. The molecule has 1 aliphatic rings. The van der Waals surface area contributed by atoms with Gasteiger partial charge in [-0.25, -0.2) is 0 Å². The molecule has 88 valence electrons. The van der Waals surface area contributed by atoms with Crippen molar-refractivity contribution in [2.24, 2.45) is 0 Å². The number of nitrogens with one attached hydrogen (secondary N) is 1. The smallest absolute Gasteiger partial charge is 0.0429 e. The second kappa shape index (κ2) is 5.07. The Morgan fingerprint density at radius 2 is 1.88 bits per heavy atom. The van der Waals surface area contributed by atoms with Gasteiger partial charge in [0.2, 0.25) is 0 Å². The van der Waals surface area contributed by atoms with Gasteiger partial charge in [-0.2, -0.15) is 0 Å². The van der Waals surface area contributed by atoms with Crippen molar-refractivity contribution in [1.29, 1.82) is 0 Å². The van der Waals surface area contributed by atoms with E-state index in [0.717, 1.165) is 31.2 Å². The predicted molar refractivity (Wildman–Crippen MR) is 70.6 cm³/mol. The average Bonchev–Trinajstić information content (AvgIpc) is 2.29. The molecule has 1 heterocycles. The lowest BCUT2D eigenvalue weighted by Crippen LogP contribution is -2.43. The molecule has 0 spiro atoms. The Labute approximate surface area is 103 Å². The molecule has 0 radical (unpaired) electrons. The van der Waals surface area contributed by atoms with Crippen molar-refractivity contribution in [2.45, 2.75) is 19.8 Å². The van der Waals surface area contributed by atoms with Crippen molar-refractivity contribution < 1.29 is 0 Å². The molecule has 0 atom stereocenters. The fourth-order valence-corrected chi connectivity index (χ4v) is 2.27. The summed E-state index contributed by atoms with van der Waals surface area (Å²) in [5, 5.41) is 4.21. The number of hydrogen-bond acceptors (Lipinski definition) is 2. The van der Waals surface area contributed by atoms with E-state index in [4.69, 9.17) is 11.6 Å². The molecule has 3 heteroatoms. The Morgan fingerprint density at radius 1 is 1.19 bits per heavy atom. The third-order valence-corrected chi connectivity index (χ3v) is 3.27. The summed E-state index contributed by atoms with van der Waals surface area (Å²) in [5.74, 6) is 0.528. The molecule has 2 nitrogen and oxygen atoms in total. The van der Waals surface area contributed by atoms with Gasteiger partial charge in [0.05, 0.1) is 0 Å². The first-order valence-corrected chi connectivity index (χ1v) is 6.31. The van der Waals surface area contributed by atoms with E-state index in [2.05, 4.69) is 42.3 Å². The number of rotatable bonds is 2. The number of nitrogens with zero attached hydrogens (tertiary/aromatic N) is 1. The van der Waals surface area contributed by atoms with E-state index in [9.17, 15) is 0 Å². The van der Waals surface area contributed by atoms with Crippen LogP contribution in [0.1, 0.15) is 25.3 Å². The number of piperazine rings is 1. The van der Waals surface area contributed by atoms with E-state index in [0.29, 0.717) is 5.92 Å². The normalized spacial score (nSPS) is 16.9. The topological polar surface area (TPSA) is 15.3 Å². The molecule has 1 aromatic carbocycles. The Bertz CT molecular complexity index is 357. The van der Waals surface area contributed by atoms with Crippen LogP contribution in [0.25, 0.3) is 0 Å². The highest BCUT2D eigenvalue weighted by Gasteiger charge is 2.12. The zero-order valence-electron chi connectivity index (χ0n) is 9.96. The van der Waals surface area contributed by atoms with Gasteiger partial charge < -0.3 is 10.2 Å². The molecule has 1 aliphatic heterocycles. The average molecular weight is 239 g/mol. The van der Waals surface area contributed by atoms with Crippen LogP contribution < -0.4 is 10.2 Å². The molecule has 0 amide bonds. The van der Waals surface area contributed by atoms with E-state index in [1.54, 1.807) is 0 Å². The summed E-state index contributed by atoms with van der Waals surface area (Å²) in [4.78, 5) is 2.40. The molecule has 0 unspecified atom stereocenters. The number of benzene rings is 1. The van der Waals surface area contributed by atoms with Gasteiger partial charge in [0, 0.05) is 36.9 Å². The van der Waals surface area contributed by atoms with E-state index >= 15 is 0 Å². The molecule has 0 bridgehead atoms. The third-order valence-electron chi connectivity index (χ3n) is 3.05. The lowest BCUT2D eigenvalue weighted by molar-refractivity contribution is 0.589. The molecule has 1 fully saturated rings. The molecule has 0 aromatic heterocycles. The highest BCUT2D eigenvalue weighted by Crippen LogP contribution is 2.26. The van der Waals surface area contributed by atoms with E-state index < -0.39 is 0 Å². The van der Waals surface area contributed by atoms with Crippen LogP contribution in [0, 0.1) is 0 Å². The maximum atomic E-state index is 6.17. The van der Waals surface area contributed by atoms with E-state index in [1.165, 1.54) is 11.3 Å². The van der Waals surface area contributed by atoms with Crippen molar-refractivity contribution in [1.82, 2.24) is 5.32 Å². The predicted octanol–water partition coefficient (Wildman–Crippen LogP) is 2.87. The number of anilines is 1. The molecule has 1 aromatic rings. The number of hydrogen-bond donors (Lipinski definition) is 1. The van der Waals surface area contributed by atoms with Crippen LogP contribution >= 0.6 is 11.6 Å². The quantitative estimate of drug-likeness (QED) is 0.853. The number of halogens is 1. The fraction of sp³-hybridized carbons (Fsp3) is 0.538. The highest BCUT2D eigenvalue weighted by molar-refractivity contribution is 6.30. The Balaban J connectivity index is 2.25.